The molecule has 2 atom stereocenters. The van der Waals surface area contributed by atoms with E-state index < -0.39 is 6.10 Å². The maximum Gasteiger partial charge on any atom is 0.138 e. The molecule has 0 radical (unpaired) electrons. The van der Waals surface area contributed by atoms with Gasteiger partial charge in [0, 0.05) is 12.6 Å². The zero-order chi connectivity index (χ0) is 15.5. The Morgan fingerprint density at radius 2 is 2.09 bits per heavy atom. The molecular formula is C17H25ClN2O2. The summed E-state index contributed by atoms with van der Waals surface area (Å²) in [5.41, 5.74) is 0.840. The standard InChI is InChI=1S/C17H25ClN2O2/c1-19-15(11-20-8-2-3-9-20)17(21)12-4-7-16(14(18)10-12)22-13-5-6-13/h4,7,10,13,15,17,19,21H,2-3,5-6,8-9,11H2,1H3. The van der Waals surface area contributed by atoms with Gasteiger partial charge in [0.2, 0.25) is 0 Å². The van der Waals surface area contributed by atoms with Crippen LogP contribution in [0.4, 0.5) is 0 Å². The van der Waals surface area contributed by atoms with E-state index in [1.807, 2.05) is 25.2 Å². The third kappa shape index (κ3) is 3.93. The Morgan fingerprint density at radius 1 is 1.36 bits per heavy atom. The summed E-state index contributed by atoms with van der Waals surface area (Å²) < 4.78 is 5.75. The maximum absolute atomic E-state index is 10.7. The molecule has 3 rings (SSSR count). The van der Waals surface area contributed by atoms with E-state index in [-0.39, 0.29) is 6.04 Å². The van der Waals surface area contributed by atoms with Crippen molar-refractivity contribution in [3.8, 4) is 5.75 Å². The number of nitrogens with one attached hydrogen (secondary N) is 1. The highest BCUT2D eigenvalue weighted by Gasteiger charge is 2.26. The molecule has 2 aliphatic rings. The Hall–Kier alpha value is -0.810. The number of aliphatic hydroxyl groups is 1. The minimum Gasteiger partial charge on any atom is -0.489 e. The first-order chi connectivity index (χ1) is 10.7. The highest BCUT2D eigenvalue weighted by atomic mass is 35.5. The summed E-state index contributed by atoms with van der Waals surface area (Å²) in [5, 5.41) is 14.5. The van der Waals surface area contributed by atoms with Crippen molar-refractivity contribution in [2.75, 3.05) is 26.7 Å². The lowest BCUT2D eigenvalue weighted by Gasteiger charge is -2.27. The zero-order valence-electron chi connectivity index (χ0n) is 13.1. The van der Waals surface area contributed by atoms with Crippen LogP contribution >= 0.6 is 11.6 Å². The molecule has 1 saturated carbocycles. The average molecular weight is 325 g/mol. The number of hydrogen-bond acceptors (Lipinski definition) is 4. The van der Waals surface area contributed by atoms with E-state index in [0.717, 1.165) is 43.8 Å². The molecule has 122 valence electrons. The monoisotopic (exact) mass is 324 g/mol. The van der Waals surface area contributed by atoms with Gasteiger partial charge in [-0.3, -0.25) is 0 Å². The minimum absolute atomic E-state index is 0.00404. The van der Waals surface area contributed by atoms with Crippen molar-refractivity contribution in [3.63, 3.8) is 0 Å². The van der Waals surface area contributed by atoms with Crippen molar-refractivity contribution in [2.24, 2.45) is 0 Å². The molecule has 1 saturated heterocycles. The molecule has 4 nitrogen and oxygen atoms in total. The summed E-state index contributed by atoms with van der Waals surface area (Å²) >= 11 is 6.30. The molecule has 2 fully saturated rings. The topological polar surface area (TPSA) is 44.7 Å². The van der Waals surface area contributed by atoms with E-state index in [2.05, 4.69) is 10.2 Å². The van der Waals surface area contributed by atoms with Crippen LogP contribution in [0.3, 0.4) is 0 Å². The predicted molar refractivity (Wildman–Crippen MR) is 88.6 cm³/mol. The summed E-state index contributed by atoms with van der Waals surface area (Å²) in [5.74, 6) is 0.723. The highest BCUT2D eigenvalue weighted by Crippen LogP contribution is 2.34. The van der Waals surface area contributed by atoms with Gasteiger partial charge in [0.05, 0.1) is 17.2 Å². The van der Waals surface area contributed by atoms with Crippen molar-refractivity contribution < 1.29 is 9.84 Å². The first-order valence-electron chi connectivity index (χ1n) is 8.21. The Kier molecular flexibility index (Phi) is 5.24. The number of hydrogen-bond donors (Lipinski definition) is 2. The number of likely N-dealkylation sites (tertiary alicyclic amines) is 1. The summed E-state index contributed by atoms with van der Waals surface area (Å²) in [6, 6.07) is 5.63. The quantitative estimate of drug-likeness (QED) is 0.809. The maximum atomic E-state index is 10.7. The second-order valence-corrected chi connectivity index (χ2v) is 6.76. The largest absolute Gasteiger partial charge is 0.489 e. The van der Waals surface area contributed by atoms with E-state index in [4.69, 9.17) is 16.3 Å². The number of halogens is 1. The van der Waals surface area contributed by atoms with E-state index in [9.17, 15) is 5.11 Å². The van der Waals surface area contributed by atoms with Crippen LogP contribution in [0.2, 0.25) is 5.02 Å². The molecule has 1 aliphatic carbocycles. The van der Waals surface area contributed by atoms with Crippen molar-refractivity contribution in [3.05, 3.63) is 28.8 Å². The molecular weight excluding hydrogens is 300 g/mol. The molecule has 5 heteroatoms. The number of benzene rings is 1. The Bertz CT molecular complexity index is 501. The Balaban J connectivity index is 1.66. The van der Waals surface area contributed by atoms with Gasteiger partial charge in [-0.15, -0.1) is 0 Å². The number of aliphatic hydroxyl groups excluding tert-OH is 1. The van der Waals surface area contributed by atoms with Gasteiger partial charge < -0.3 is 20.1 Å². The molecule has 0 bridgehead atoms. The lowest BCUT2D eigenvalue weighted by Crippen LogP contribution is -2.42. The number of rotatable bonds is 7. The lowest BCUT2D eigenvalue weighted by molar-refractivity contribution is 0.110. The van der Waals surface area contributed by atoms with Gasteiger partial charge in [0.15, 0.2) is 0 Å². The molecule has 1 aliphatic heterocycles. The molecule has 0 amide bonds. The molecule has 1 heterocycles. The highest BCUT2D eigenvalue weighted by molar-refractivity contribution is 6.32. The fourth-order valence-corrected chi connectivity index (χ4v) is 3.22. The predicted octanol–water partition coefficient (Wildman–Crippen LogP) is 2.60. The summed E-state index contributed by atoms with van der Waals surface area (Å²) in [6.45, 7) is 3.11. The van der Waals surface area contributed by atoms with Crippen LogP contribution in [0, 0.1) is 0 Å². The minimum atomic E-state index is -0.571. The van der Waals surface area contributed by atoms with Gasteiger partial charge in [-0.1, -0.05) is 17.7 Å². The second kappa shape index (κ2) is 7.18. The smallest absolute Gasteiger partial charge is 0.138 e. The Morgan fingerprint density at radius 3 is 2.68 bits per heavy atom. The van der Waals surface area contributed by atoms with E-state index in [0.29, 0.717) is 11.1 Å². The fraction of sp³-hybridized carbons (Fsp3) is 0.647. The molecule has 2 N–H and O–H groups in total. The Labute approximate surface area is 137 Å². The van der Waals surface area contributed by atoms with Gasteiger partial charge in [-0.25, -0.2) is 0 Å². The van der Waals surface area contributed by atoms with Crippen molar-refractivity contribution in [1.82, 2.24) is 10.2 Å². The lowest BCUT2D eigenvalue weighted by atomic mass is 10.0. The van der Waals surface area contributed by atoms with Crippen LogP contribution in [0.1, 0.15) is 37.4 Å². The van der Waals surface area contributed by atoms with Crippen molar-refractivity contribution in [2.45, 2.75) is 43.9 Å². The SMILES string of the molecule is CNC(CN1CCCC1)C(O)c1ccc(OC2CC2)c(Cl)c1. The molecule has 1 aromatic rings. The first kappa shape index (κ1) is 16.1. The molecule has 1 aromatic carbocycles. The van der Waals surface area contributed by atoms with Crippen molar-refractivity contribution in [1.29, 1.82) is 0 Å². The van der Waals surface area contributed by atoms with Crippen LogP contribution in [-0.2, 0) is 0 Å². The average Bonchev–Trinajstić information content (AvgIpc) is 3.19. The summed E-state index contributed by atoms with van der Waals surface area (Å²) in [4.78, 5) is 2.40. The van der Waals surface area contributed by atoms with Crippen LogP contribution in [0.25, 0.3) is 0 Å². The number of likely N-dealkylation sites (N-methyl/N-ethyl adjacent to an activating group) is 1. The van der Waals surface area contributed by atoms with E-state index in [1.54, 1.807) is 0 Å². The third-order valence-corrected chi connectivity index (χ3v) is 4.82. The number of nitrogens with zero attached hydrogens (tertiary/aromatic N) is 1. The van der Waals surface area contributed by atoms with Crippen LogP contribution < -0.4 is 10.1 Å². The van der Waals surface area contributed by atoms with Crippen molar-refractivity contribution >= 4 is 11.6 Å². The van der Waals surface area contributed by atoms with Gasteiger partial charge in [-0.05, 0) is 63.5 Å². The fourth-order valence-electron chi connectivity index (χ4n) is 2.99. The van der Waals surface area contributed by atoms with Crippen LogP contribution in [0.15, 0.2) is 18.2 Å². The number of ether oxygens (including phenoxy) is 1. The zero-order valence-corrected chi connectivity index (χ0v) is 13.9. The van der Waals surface area contributed by atoms with Gasteiger partial charge in [0.1, 0.15) is 5.75 Å². The molecule has 0 spiro atoms. The molecule has 2 unspecified atom stereocenters. The van der Waals surface area contributed by atoms with Gasteiger partial charge >= 0.3 is 0 Å². The summed E-state index contributed by atoms with van der Waals surface area (Å²) in [7, 11) is 1.90. The van der Waals surface area contributed by atoms with Gasteiger partial charge in [0.25, 0.3) is 0 Å². The van der Waals surface area contributed by atoms with Gasteiger partial charge in [-0.2, -0.15) is 0 Å². The van der Waals surface area contributed by atoms with E-state index >= 15 is 0 Å². The first-order valence-corrected chi connectivity index (χ1v) is 8.59. The second-order valence-electron chi connectivity index (χ2n) is 6.35. The normalized spacial score (nSPS) is 21.8. The van der Waals surface area contributed by atoms with E-state index in [1.165, 1.54) is 12.8 Å². The third-order valence-electron chi connectivity index (χ3n) is 4.52. The molecule has 22 heavy (non-hydrogen) atoms. The summed E-state index contributed by atoms with van der Waals surface area (Å²) in [6.07, 6.45) is 4.49. The molecule has 0 aromatic heterocycles. The van der Waals surface area contributed by atoms with Crippen LogP contribution in [-0.4, -0.2) is 48.8 Å². The van der Waals surface area contributed by atoms with Crippen LogP contribution in [0.5, 0.6) is 5.75 Å².